The highest BCUT2D eigenvalue weighted by molar-refractivity contribution is 5.75. The molecule has 1 amide bonds. The second kappa shape index (κ2) is 8.73. The normalized spacial score (nSPS) is 10.6. The first-order valence-electron chi connectivity index (χ1n) is 6.99. The molecular formula is C16H25NO. The molecule has 1 rings (SSSR count). The molecule has 0 radical (unpaired) electrons. The lowest BCUT2D eigenvalue weighted by molar-refractivity contribution is -0.121. The van der Waals surface area contributed by atoms with Crippen LogP contribution >= 0.6 is 0 Å². The van der Waals surface area contributed by atoms with Gasteiger partial charge in [0.1, 0.15) is 0 Å². The van der Waals surface area contributed by atoms with Crippen molar-refractivity contribution in [3.8, 4) is 0 Å². The van der Waals surface area contributed by atoms with Gasteiger partial charge in [0.25, 0.3) is 0 Å². The Bertz CT molecular complexity index is 332. The van der Waals surface area contributed by atoms with E-state index in [9.17, 15) is 4.79 Å². The van der Waals surface area contributed by atoms with Gasteiger partial charge < -0.3 is 5.32 Å². The first kappa shape index (κ1) is 14.7. The lowest BCUT2D eigenvalue weighted by Gasteiger charge is -2.06. The summed E-state index contributed by atoms with van der Waals surface area (Å²) in [6, 6.07) is 10.0. The van der Waals surface area contributed by atoms with Crippen LogP contribution < -0.4 is 5.32 Å². The SMILES string of the molecule is CC(C)CCCCCC(=O)NCc1ccccc1. The number of amides is 1. The van der Waals surface area contributed by atoms with Crippen molar-refractivity contribution in [1.29, 1.82) is 0 Å². The highest BCUT2D eigenvalue weighted by Crippen LogP contribution is 2.09. The maximum atomic E-state index is 11.6. The van der Waals surface area contributed by atoms with Gasteiger partial charge in [0.15, 0.2) is 0 Å². The quantitative estimate of drug-likeness (QED) is 0.693. The molecule has 18 heavy (non-hydrogen) atoms. The number of hydrogen-bond acceptors (Lipinski definition) is 1. The van der Waals surface area contributed by atoms with Crippen LogP contribution in [-0.2, 0) is 11.3 Å². The Morgan fingerprint density at radius 1 is 1.11 bits per heavy atom. The van der Waals surface area contributed by atoms with Crippen molar-refractivity contribution in [1.82, 2.24) is 5.32 Å². The van der Waals surface area contributed by atoms with Crippen LogP contribution in [0.25, 0.3) is 0 Å². The van der Waals surface area contributed by atoms with E-state index < -0.39 is 0 Å². The van der Waals surface area contributed by atoms with Crippen LogP contribution in [0.4, 0.5) is 0 Å². The van der Waals surface area contributed by atoms with Gasteiger partial charge in [-0.15, -0.1) is 0 Å². The molecule has 0 aliphatic heterocycles. The van der Waals surface area contributed by atoms with E-state index in [-0.39, 0.29) is 5.91 Å². The van der Waals surface area contributed by atoms with Crippen LogP contribution in [-0.4, -0.2) is 5.91 Å². The van der Waals surface area contributed by atoms with Crippen LogP contribution in [0.1, 0.15) is 51.5 Å². The number of carbonyl (C=O) groups excluding carboxylic acids is 1. The minimum atomic E-state index is 0.170. The molecule has 0 saturated heterocycles. The Morgan fingerprint density at radius 2 is 1.83 bits per heavy atom. The van der Waals surface area contributed by atoms with Crippen molar-refractivity contribution < 1.29 is 4.79 Å². The molecule has 1 N–H and O–H groups in total. The van der Waals surface area contributed by atoms with Gasteiger partial charge in [-0.05, 0) is 17.9 Å². The van der Waals surface area contributed by atoms with Crippen LogP contribution in [0.2, 0.25) is 0 Å². The molecule has 0 aliphatic carbocycles. The molecule has 1 aromatic rings. The van der Waals surface area contributed by atoms with Crippen LogP contribution in [0.3, 0.4) is 0 Å². The summed E-state index contributed by atoms with van der Waals surface area (Å²) in [4.78, 5) is 11.6. The molecule has 0 fully saturated rings. The van der Waals surface area contributed by atoms with Crippen molar-refractivity contribution >= 4 is 5.91 Å². The number of carbonyl (C=O) groups is 1. The van der Waals surface area contributed by atoms with E-state index in [0.717, 1.165) is 24.3 Å². The summed E-state index contributed by atoms with van der Waals surface area (Å²) < 4.78 is 0. The average Bonchev–Trinajstić information content (AvgIpc) is 2.37. The lowest BCUT2D eigenvalue weighted by atomic mass is 10.0. The third kappa shape index (κ3) is 7.10. The van der Waals surface area contributed by atoms with Gasteiger partial charge >= 0.3 is 0 Å². The average molecular weight is 247 g/mol. The van der Waals surface area contributed by atoms with Crippen LogP contribution in [0.15, 0.2) is 30.3 Å². The zero-order valence-electron chi connectivity index (χ0n) is 11.6. The van der Waals surface area contributed by atoms with Gasteiger partial charge in [-0.3, -0.25) is 4.79 Å². The molecule has 0 saturated carbocycles. The third-order valence-electron chi connectivity index (χ3n) is 3.02. The van der Waals surface area contributed by atoms with E-state index in [2.05, 4.69) is 19.2 Å². The lowest BCUT2D eigenvalue weighted by Crippen LogP contribution is -2.22. The molecule has 0 aromatic heterocycles. The first-order valence-corrected chi connectivity index (χ1v) is 6.99. The second-order valence-corrected chi connectivity index (χ2v) is 5.26. The van der Waals surface area contributed by atoms with E-state index in [1.807, 2.05) is 30.3 Å². The standard InChI is InChI=1S/C16H25NO/c1-14(2)9-5-3-8-12-16(18)17-13-15-10-6-4-7-11-15/h4,6-7,10-11,14H,3,5,8-9,12-13H2,1-2H3,(H,17,18). The first-order chi connectivity index (χ1) is 8.68. The highest BCUT2D eigenvalue weighted by Gasteiger charge is 2.01. The Hall–Kier alpha value is -1.31. The maximum Gasteiger partial charge on any atom is 0.220 e. The monoisotopic (exact) mass is 247 g/mol. The molecule has 0 atom stereocenters. The largest absolute Gasteiger partial charge is 0.352 e. The van der Waals surface area contributed by atoms with Crippen molar-refractivity contribution in [2.45, 2.75) is 52.5 Å². The summed E-state index contributed by atoms with van der Waals surface area (Å²) in [5.41, 5.74) is 1.16. The minimum Gasteiger partial charge on any atom is -0.352 e. The summed E-state index contributed by atoms with van der Waals surface area (Å²) in [5.74, 6) is 0.945. The third-order valence-corrected chi connectivity index (χ3v) is 3.02. The van der Waals surface area contributed by atoms with Gasteiger partial charge in [-0.25, -0.2) is 0 Å². The van der Waals surface area contributed by atoms with Crippen molar-refractivity contribution in [2.75, 3.05) is 0 Å². The summed E-state index contributed by atoms with van der Waals surface area (Å²) in [6.07, 6.45) is 5.34. The number of rotatable bonds is 8. The molecule has 2 heteroatoms. The summed E-state index contributed by atoms with van der Waals surface area (Å²) in [5, 5.41) is 2.96. The van der Waals surface area contributed by atoms with Crippen LogP contribution in [0.5, 0.6) is 0 Å². The highest BCUT2D eigenvalue weighted by atomic mass is 16.1. The van der Waals surface area contributed by atoms with Gasteiger partial charge in [0, 0.05) is 13.0 Å². The molecule has 0 unspecified atom stereocenters. The van der Waals surface area contributed by atoms with Gasteiger partial charge in [-0.2, -0.15) is 0 Å². The van der Waals surface area contributed by atoms with E-state index in [0.29, 0.717) is 13.0 Å². The predicted molar refractivity (Wildman–Crippen MR) is 76.2 cm³/mol. The maximum absolute atomic E-state index is 11.6. The van der Waals surface area contributed by atoms with E-state index in [4.69, 9.17) is 0 Å². The fourth-order valence-corrected chi connectivity index (χ4v) is 1.90. The summed E-state index contributed by atoms with van der Waals surface area (Å²) >= 11 is 0. The molecule has 0 heterocycles. The number of nitrogens with one attached hydrogen (secondary N) is 1. The van der Waals surface area contributed by atoms with Gasteiger partial charge in [0.2, 0.25) is 5.91 Å². The Morgan fingerprint density at radius 3 is 2.50 bits per heavy atom. The summed E-state index contributed by atoms with van der Waals surface area (Å²) in [6.45, 7) is 5.13. The predicted octanol–water partition coefficient (Wildman–Crippen LogP) is 3.91. The van der Waals surface area contributed by atoms with E-state index in [1.165, 1.54) is 12.8 Å². The topological polar surface area (TPSA) is 29.1 Å². The van der Waals surface area contributed by atoms with Crippen LogP contribution in [0, 0.1) is 5.92 Å². The summed E-state index contributed by atoms with van der Waals surface area (Å²) in [7, 11) is 0. The van der Waals surface area contributed by atoms with E-state index in [1.54, 1.807) is 0 Å². The van der Waals surface area contributed by atoms with E-state index >= 15 is 0 Å². The van der Waals surface area contributed by atoms with Gasteiger partial charge in [-0.1, -0.05) is 63.4 Å². The Balaban J connectivity index is 2.04. The molecule has 100 valence electrons. The number of hydrogen-bond donors (Lipinski definition) is 1. The molecule has 0 spiro atoms. The zero-order chi connectivity index (χ0) is 13.2. The van der Waals surface area contributed by atoms with Gasteiger partial charge in [0.05, 0.1) is 0 Å². The fourth-order valence-electron chi connectivity index (χ4n) is 1.90. The number of unbranched alkanes of at least 4 members (excludes halogenated alkanes) is 2. The molecule has 0 aliphatic rings. The van der Waals surface area contributed by atoms with Crippen molar-refractivity contribution in [2.24, 2.45) is 5.92 Å². The molecule has 2 nitrogen and oxygen atoms in total. The molecule has 1 aromatic carbocycles. The Kier molecular flexibility index (Phi) is 7.16. The number of benzene rings is 1. The zero-order valence-corrected chi connectivity index (χ0v) is 11.6. The van der Waals surface area contributed by atoms with Crippen molar-refractivity contribution in [3.63, 3.8) is 0 Å². The fraction of sp³-hybridized carbons (Fsp3) is 0.562. The Labute approximate surface area is 111 Å². The minimum absolute atomic E-state index is 0.170. The smallest absolute Gasteiger partial charge is 0.220 e. The molecular weight excluding hydrogens is 222 g/mol. The molecule has 0 bridgehead atoms. The van der Waals surface area contributed by atoms with Crippen molar-refractivity contribution in [3.05, 3.63) is 35.9 Å². The second-order valence-electron chi connectivity index (χ2n) is 5.26.